The molecule has 1 amide bonds. The number of ether oxygens (including phenoxy) is 1. The molecule has 0 bridgehead atoms. The van der Waals surface area contributed by atoms with Gasteiger partial charge in [-0.2, -0.15) is 0 Å². The minimum absolute atomic E-state index is 0.0161. The van der Waals surface area contributed by atoms with Gasteiger partial charge in [-0.1, -0.05) is 0 Å². The van der Waals surface area contributed by atoms with E-state index >= 15 is 0 Å². The summed E-state index contributed by atoms with van der Waals surface area (Å²) in [6.07, 6.45) is 4.18. The molecular weight excluding hydrogens is 192 g/mol. The highest BCUT2D eigenvalue weighted by atomic mass is 16.5. The van der Waals surface area contributed by atoms with Crippen molar-refractivity contribution in [2.45, 2.75) is 44.2 Å². The quantitative estimate of drug-likeness (QED) is 0.709. The van der Waals surface area contributed by atoms with Crippen LogP contribution in [-0.2, 0) is 9.53 Å². The van der Waals surface area contributed by atoms with Crippen LogP contribution in [0.15, 0.2) is 0 Å². The fraction of sp³-hybridized carbons (Fsp3) is 0.909. The summed E-state index contributed by atoms with van der Waals surface area (Å²) in [6, 6.07) is 0.151. The van der Waals surface area contributed by atoms with Gasteiger partial charge in [0.1, 0.15) is 5.60 Å². The Kier molecular flexibility index (Phi) is 2.98. The van der Waals surface area contributed by atoms with Crippen LogP contribution in [0.3, 0.4) is 0 Å². The van der Waals surface area contributed by atoms with Crippen LogP contribution in [0.4, 0.5) is 0 Å². The Hall–Kier alpha value is -0.610. The highest BCUT2D eigenvalue weighted by Crippen LogP contribution is 2.33. The lowest BCUT2D eigenvalue weighted by molar-refractivity contribution is -0.140. The first-order chi connectivity index (χ1) is 7.15. The van der Waals surface area contributed by atoms with Gasteiger partial charge in [0.25, 0.3) is 5.91 Å². The standard InChI is InChI=1S/C11H20N2O2/c1-11(5-2-6-15-11)10(14)13-9(7-12)8-3-4-8/h8-9H,2-7,12H2,1H3,(H,13,14). The molecule has 0 aromatic heterocycles. The van der Waals surface area contributed by atoms with Crippen LogP contribution in [0.2, 0.25) is 0 Å². The maximum absolute atomic E-state index is 12.0. The highest BCUT2D eigenvalue weighted by Gasteiger charge is 2.40. The molecule has 1 saturated heterocycles. The molecule has 0 radical (unpaired) electrons. The Labute approximate surface area is 90.5 Å². The molecule has 2 fully saturated rings. The molecule has 2 aliphatic rings. The summed E-state index contributed by atoms with van der Waals surface area (Å²) in [5, 5.41) is 3.02. The summed E-state index contributed by atoms with van der Waals surface area (Å²) >= 11 is 0. The Morgan fingerprint density at radius 1 is 1.67 bits per heavy atom. The van der Waals surface area contributed by atoms with E-state index in [1.54, 1.807) is 0 Å². The van der Waals surface area contributed by atoms with E-state index in [1.807, 2.05) is 6.92 Å². The second-order valence-corrected chi connectivity index (χ2v) is 4.84. The normalized spacial score (nSPS) is 32.7. The van der Waals surface area contributed by atoms with Crippen molar-refractivity contribution in [1.82, 2.24) is 5.32 Å². The third kappa shape index (κ3) is 2.32. The van der Waals surface area contributed by atoms with Gasteiger partial charge < -0.3 is 15.8 Å². The van der Waals surface area contributed by atoms with E-state index in [-0.39, 0.29) is 11.9 Å². The third-order valence-electron chi connectivity index (χ3n) is 3.46. The molecule has 0 aromatic carbocycles. The summed E-state index contributed by atoms with van der Waals surface area (Å²) in [7, 11) is 0. The van der Waals surface area contributed by atoms with E-state index in [0.29, 0.717) is 19.1 Å². The molecule has 0 spiro atoms. The van der Waals surface area contributed by atoms with E-state index in [0.717, 1.165) is 12.8 Å². The second kappa shape index (κ2) is 4.10. The first kappa shape index (κ1) is 10.9. The Balaban J connectivity index is 1.89. The zero-order valence-corrected chi connectivity index (χ0v) is 9.29. The molecule has 1 saturated carbocycles. The monoisotopic (exact) mass is 212 g/mol. The Bertz CT molecular complexity index is 245. The van der Waals surface area contributed by atoms with Gasteiger partial charge >= 0.3 is 0 Å². The summed E-state index contributed by atoms with van der Waals surface area (Å²) in [5.74, 6) is 0.617. The SMILES string of the molecule is CC1(C(=O)NC(CN)C2CC2)CCCO1. The van der Waals surface area contributed by atoms with Crippen molar-refractivity contribution in [2.24, 2.45) is 11.7 Å². The van der Waals surface area contributed by atoms with Crippen molar-refractivity contribution in [3.8, 4) is 0 Å². The van der Waals surface area contributed by atoms with E-state index in [9.17, 15) is 4.79 Å². The number of nitrogens with one attached hydrogen (secondary N) is 1. The maximum Gasteiger partial charge on any atom is 0.252 e. The largest absolute Gasteiger partial charge is 0.365 e. The molecule has 3 N–H and O–H groups in total. The topological polar surface area (TPSA) is 64.4 Å². The van der Waals surface area contributed by atoms with Crippen LogP contribution in [0.5, 0.6) is 0 Å². The van der Waals surface area contributed by atoms with Gasteiger partial charge in [0.2, 0.25) is 0 Å². The maximum atomic E-state index is 12.0. The minimum atomic E-state index is -0.609. The molecule has 2 rings (SSSR count). The van der Waals surface area contributed by atoms with Gasteiger partial charge in [-0.3, -0.25) is 4.79 Å². The Morgan fingerprint density at radius 2 is 2.40 bits per heavy atom. The van der Waals surface area contributed by atoms with Crippen LogP contribution >= 0.6 is 0 Å². The van der Waals surface area contributed by atoms with Gasteiger partial charge in [0.05, 0.1) is 0 Å². The summed E-state index contributed by atoms with van der Waals surface area (Å²) in [4.78, 5) is 12.0. The molecule has 0 aromatic rings. The van der Waals surface area contributed by atoms with E-state index in [1.165, 1.54) is 12.8 Å². The second-order valence-electron chi connectivity index (χ2n) is 4.84. The fourth-order valence-corrected chi connectivity index (χ4v) is 2.15. The van der Waals surface area contributed by atoms with Crippen LogP contribution in [0.1, 0.15) is 32.6 Å². The molecule has 15 heavy (non-hydrogen) atoms. The van der Waals surface area contributed by atoms with Gasteiger partial charge in [-0.05, 0) is 38.5 Å². The average Bonchev–Trinajstić information content (AvgIpc) is 2.97. The molecule has 1 aliphatic heterocycles. The summed E-state index contributed by atoms with van der Waals surface area (Å²) < 4.78 is 5.49. The predicted molar refractivity (Wildman–Crippen MR) is 57.3 cm³/mol. The summed E-state index contributed by atoms with van der Waals surface area (Å²) in [5.41, 5.74) is 5.04. The van der Waals surface area contributed by atoms with Crippen LogP contribution < -0.4 is 11.1 Å². The van der Waals surface area contributed by atoms with Crippen molar-refractivity contribution in [1.29, 1.82) is 0 Å². The third-order valence-corrected chi connectivity index (χ3v) is 3.46. The lowest BCUT2D eigenvalue weighted by atomic mass is 10.0. The Morgan fingerprint density at radius 3 is 2.87 bits per heavy atom. The highest BCUT2D eigenvalue weighted by molar-refractivity contribution is 5.85. The molecule has 4 heteroatoms. The fourth-order valence-electron chi connectivity index (χ4n) is 2.15. The summed E-state index contributed by atoms with van der Waals surface area (Å²) in [6.45, 7) is 3.10. The van der Waals surface area contributed by atoms with Crippen molar-refractivity contribution in [2.75, 3.05) is 13.2 Å². The first-order valence-electron chi connectivity index (χ1n) is 5.81. The molecule has 2 unspecified atom stereocenters. The van der Waals surface area contributed by atoms with Crippen LogP contribution in [0, 0.1) is 5.92 Å². The smallest absolute Gasteiger partial charge is 0.252 e. The number of carbonyl (C=O) groups is 1. The van der Waals surface area contributed by atoms with E-state index in [4.69, 9.17) is 10.5 Å². The minimum Gasteiger partial charge on any atom is -0.365 e. The zero-order valence-electron chi connectivity index (χ0n) is 9.29. The predicted octanol–water partition coefficient (Wildman–Crippen LogP) is 0.409. The van der Waals surface area contributed by atoms with Crippen LogP contribution in [-0.4, -0.2) is 30.7 Å². The van der Waals surface area contributed by atoms with Crippen molar-refractivity contribution >= 4 is 5.91 Å². The van der Waals surface area contributed by atoms with Gasteiger partial charge in [0.15, 0.2) is 0 Å². The van der Waals surface area contributed by atoms with Crippen molar-refractivity contribution in [3.63, 3.8) is 0 Å². The van der Waals surface area contributed by atoms with Gasteiger partial charge in [0, 0.05) is 19.2 Å². The number of carbonyl (C=O) groups excluding carboxylic acids is 1. The zero-order chi connectivity index (χ0) is 10.9. The van der Waals surface area contributed by atoms with E-state index in [2.05, 4.69) is 5.32 Å². The lowest BCUT2D eigenvalue weighted by Crippen LogP contribution is -2.51. The first-order valence-corrected chi connectivity index (χ1v) is 5.81. The number of amides is 1. The molecule has 2 atom stereocenters. The molecule has 1 aliphatic carbocycles. The molecular formula is C11H20N2O2. The molecule has 1 heterocycles. The number of nitrogens with two attached hydrogens (primary N) is 1. The van der Waals surface area contributed by atoms with Crippen molar-refractivity contribution < 1.29 is 9.53 Å². The average molecular weight is 212 g/mol. The number of hydrogen-bond donors (Lipinski definition) is 2. The number of rotatable bonds is 4. The van der Waals surface area contributed by atoms with Crippen molar-refractivity contribution in [3.05, 3.63) is 0 Å². The molecule has 4 nitrogen and oxygen atoms in total. The van der Waals surface area contributed by atoms with Gasteiger partial charge in [-0.25, -0.2) is 0 Å². The lowest BCUT2D eigenvalue weighted by Gasteiger charge is -2.25. The number of hydrogen-bond acceptors (Lipinski definition) is 3. The van der Waals surface area contributed by atoms with Gasteiger partial charge in [-0.15, -0.1) is 0 Å². The van der Waals surface area contributed by atoms with Crippen LogP contribution in [0.25, 0.3) is 0 Å². The van der Waals surface area contributed by atoms with E-state index < -0.39 is 5.60 Å². The molecule has 86 valence electrons.